The summed E-state index contributed by atoms with van der Waals surface area (Å²) in [5.41, 5.74) is 1.40. The second-order valence-electron chi connectivity index (χ2n) is 5.21. The van der Waals surface area contributed by atoms with Gasteiger partial charge in [0.2, 0.25) is 5.28 Å². The summed E-state index contributed by atoms with van der Waals surface area (Å²) in [4.78, 5) is 28.6. The minimum atomic E-state index is -0.557. The maximum atomic E-state index is 12.2. The molecule has 2 aromatic heterocycles. The Kier molecular flexibility index (Phi) is 5.77. The molecule has 0 fully saturated rings. The van der Waals surface area contributed by atoms with E-state index in [2.05, 4.69) is 25.3 Å². The van der Waals surface area contributed by atoms with E-state index in [1.807, 2.05) is 12.1 Å². The standard InChI is InChI=1S/C18H16ClN5O3/c1-3-27-17(25)12-10-22-18(19)24-16(12)23-13-7-4-6-11(14(13)26-2)15-20-8-5-9-21-15/h4-10H,3H2,1-2H3,(H,22,23,24). The van der Waals surface area contributed by atoms with Crippen molar-refractivity contribution in [3.8, 4) is 17.1 Å². The lowest BCUT2D eigenvalue weighted by atomic mass is 10.1. The smallest absolute Gasteiger partial charge is 0.343 e. The molecule has 27 heavy (non-hydrogen) atoms. The van der Waals surface area contributed by atoms with Gasteiger partial charge in [0.15, 0.2) is 11.6 Å². The number of hydrogen-bond acceptors (Lipinski definition) is 8. The maximum Gasteiger partial charge on any atom is 0.343 e. The minimum Gasteiger partial charge on any atom is -0.494 e. The zero-order chi connectivity index (χ0) is 19.2. The normalized spacial score (nSPS) is 10.3. The van der Waals surface area contributed by atoms with E-state index in [0.29, 0.717) is 22.8 Å². The molecule has 0 amide bonds. The number of rotatable bonds is 6. The number of anilines is 2. The molecule has 0 aliphatic rings. The van der Waals surface area contributed by atoms with Crippen LogP contribution in [-0.4, -0.2) is 39.6 Å². The highest BCUT2D eigenvalue weighted by Crippen LogP contribution is 2.36. The first-order valence-electron chi connectivity index (χ1n) is 8.05. The van der Waals surface area contributed by atoms with Crippen LogP contribution in [0.25, 0.3) is 11.4 Å². The highest BCUT2D eigenvalue weighted by atomic mass is 35.5. The number of carbonyl (C=O) groups is 1. The minimum absolute atomic E-state index is 0.00735. The predicted molar refractivity (Wildman–Crippen MR) is 100 cm³/mol. The topological polar surface area (TPSA) is 99.1 Å². The third-order valence-corrected chi connectivity index (χ3v) is 3.72. The van der Waals surface area contributed by atoms with Crippen LogP contribution in [0.4, 0.5) is 11.5 Å². The van der Waals surface area contributed by atoms with Crippen LogP contribution in [-0.2, 0) is 4.74 Å². The Morgan fingerprint density at radius 3 is 2.67 bits per heavy atom. The van der Waals surface area contributed by atoms with E-state index in [0.717, 1.165) is 0 Å². The number of halogens is 1. The van der Waals surface area contributed by atoms with Crippen LogP contribution in [0.1, 0.15) is 17.3 Å². The second kappa shape index (κ2) is 8.41. The lowest BCUT2D eigenvalue weighted by Gasteiger charge is -2.15. The molecule has 0 aliphatic heterocycles. The number of aromatic nitrogens is 4. The number of para-hydroxylation sites is 1. The molecule has 0 radical (unpaired) electrons. The zero-order valence-electron chi connectivity index (χ0n) is 14.6. The average Bonchev–Trinajstić information content (AvgIpc) is 2.68. The number of ether oxygens (including phenoxy) is 2. The van der Waals surface area contributed by atoms with Crippen LogP contribution in [0.5, 0.6) is 5.75 Å². The Bertz CT molecular complexity index is 953. The molecule has 0 bridgehead atoms. The quantitative estimate of drug-likeness (QED) is 0.508. The van der Waals surface area contributed by atoms with Crippen LogP contribution in [0.15, 0.2) is 42.9 Å². The number of esters is 1. The Labute approximate surface area is 160 Å². The van der Waals surface area contributed by atoms with Gasteiger partial charge in [0, 0.05) is 18.6 Å². The van der Waals surface area contributed by atoms with Gasteiger partial charge in [-0.1, -0.05) is 6.07 Å². The molecule has 3 aromatic rings. The molecule has 9 heteroatoms. The fraction of sp³-hybridized carbons (Fsp3) is 0.167. The van der Waals surface area contributed by atoms with Crippen molar-refractivity contribution in [3.63, 3.8) is 0 Å². The van der Waals surface area contributed by atoms with Gasteiger partial charge in [0.05, 0.1) is 25.0 Å². The molecule has 1 N–H and O–H groups in total. The molecule has 8 nitrogen and oxygen atoms in total. The van der Waals surface area contributed by atoms with E-state index in [-0.39, 0.29) is 23.3 Å². The Balaban J connectivity index is 2.04. The molecular formula is C18H16ClN5O3. The molecule has 3 rings (SSSR count). The number of carbonyl (C=O) groups excluding carboxylic acids is 1. The highest BCUT2D eigenvalue weighted by molar-refractivity contribution is 6.28. The summed E-state index contributed by atoms with van der Waals surface area (Å²) in [7, 11) is 1.53. The molecule has 0 atom stereocenters. The third kappa shape index (κ3) is 4.12. The van der Waals surface area contributed by atoms with Gasteiger partial charge in [-0.3, -0.25) is 0 Å². The predicted octanol–water partition coefficient (Wildman–Crippen LogP) is 3.52. The van der Waals surface area contributed by atoms with E-state index in [9.17, 15) is 4.79 Å². The van der Waals surface area contributed by atoms with Crippen molar-refractivity contribution in [3.05, 3.63) is 53.7 Å². The van der Waals surface area contributed by atoms with E-state index in [1.165, 1.54) is 13.3 Å². The van der Waals surface area contributed by atoms with Gasteiger partial charge in [0.1, 0.15) is 11.4 Å². The van der Waals surface area contributed by atoms with Crippen LogP contribution >= 0.6 is 11.6 Å². The number of hydrogen-bond donors (Lipinski definition) is 1. The molecule has 2 heterocycles. The summed E-state index contributed by atoms with van der Waals surface area (Å²) >= 11 is 5.90. The fourth-order valence-electron chi connectivity index (χ4n) is 2.41. The van der Waals surface area contributed by atoms with E-state index >= 15 is 0 Å². The largest absolute Gasteiger partial charge is 0.494 e. The van der Waals surface area contributed by atoms with Crippen LogP contribution in [0.2, 0.25) is 5.28 Å². The van der Waals surface area contributed by atoms with Crippen molar-refractivity contribution < 1.29 is 14.3 Å². The first kappa shape index (κ1) is 18.5. The number of nitrogens with zero attached hydrogens (tertiary/aromatic N) is 4. The first-order chi connectivity index (χ1) is 13.1. The van der Waals surface area contributed by atoms with Crippen molar-refractivity contribution in [1.29, 1.82) is 0 Å². The molecule has 0 spiro atoms. The summed E-state index contributed by atoms with van der Waals surface area (Å²) in [6.07, 6.45) is 4.60. The lowest BCUT2D eigenvalue weighted by Crippen LogP contribution is -2.11. The van der Waals surface area contributed by atoms with Crippen molar-refractivity contribution in [1.82, 2.24) is 19.9 Å². The number of benzene rings is 1. The third-order valence-electron chi connectivity index (χ3n) is 3.53. The fourth-order valence-corrected chi connectivity index (χ4v) is 2.54. The molecule has 1 aromatic carbocycles. The SMILES string of the molecule is CCOC(=O)c1cnc(Cl)nc1Nc1cccc(-c2ncccn2)c1OC. The van der Waals surface area contributed by atoms with Gasteiger partial charge in [-0.15, -0.1) is 0 Å². The molecule has 0 aliphatic carbocycles. The Hall–Kier alpha value is -3.26. The highest BCUT2D eigenvalue weighted by Gasteiger charge is 2.19. The van der Waals surface area contributed by atoms with Crippen LogP contribution in [0, 0.1) is 0 Å². The monoisotopic (exact) mass is 385 g/mol. The lowest BCUT2D eigenvalue weighted by molar-refractivity contribution is 0.0526. The Morgan fingerprint density at radius 1 is 1.19 bits per heavy atom. The van der Waals surface area contributed by atoms with Crippen molar-refractivity contribution in [2.24, 2.45) is 0 Å². The average molecular weight is 386 g/mol. The number of nitrogens with one attached hydrogen (secondary N) is 1. The maximum absolute atomic E-state index is 12.2. The van der Waals surface area contributed by atoms with Gasteiger partial charge >= 0.3 is 5.97 Å². The van der Waals surface area contributed by atoms with Gasteiger partial charge in [-0.05, 0) is 36.7 Å². The van der Waals surface area contributed by atoms with Crippen molar-refractivity contribution in [2.75, 3.05) is 19.0 Å². The van der Waals surface area contributed by atoms with E-state index in [4.69, 9.17) is 21.1 Å². The van der Waals surface area contributed by atoms with Crippen LogP contribution in [0.3, 0.4) is 0 Å². The molecule has 0 saturated carbocycles. The molecular weight excluding hydrogens is 370 g/mol. The first-order valence-corrected chi connectivity index (χ1v) is 8.43. The summed E-state index contributed by atoms with van der Waals surface area (Å²) in [6, 6.07) is 7.14. The van der Waals surface area contributed by atoms with Crippen LogP contribution < -0.4 is 10.1 Å². The summed E-state index contributed by atoms with van der Waals surface area (Å²) in [5.74, 6) is 0.647. The van der Waals surface area contributed by atoms with Gasteiger partial charge < -0.3 is 14.8 Å². The van der Waals surface area contributed by atoms with E-state index in [1.54, 1.807) is 31.5 Å². The molecule has 138 valence electrons. The van der Waals surface area contributed by atoms with Gasteiger partial charge in [-0.25, -0.2) is 19.7 Å². The van der Waals surface area contributed by atoms with E-state index < -0.39 is 5.97 Å². The van der Waals surface area contributed by atoms with Crippen molar-refractivity contribution >= 4 is 29.1 Å². The summed E-state index contributed by atoms with van der Waals surface area (Å²) in [5, 5.41) is 3.06. The summed E-state index contributed by atoms with van der Waals surface area (Å²) < 4.78 is 10.6. The van der Waals surface area contributed by atoms with Gasteiger partial charge in [-0.2, -0.15) is 4.98 Å². The molecule has 0 unspecified atom stereocenters. The zero-order valence-corrected chi connectivity index (χ0v) is 15.4. The van der Waals surface area contributed by atoms with Gasteiger partial charge in [0.25, 0.3) is 0 Å². The summed E-state index contributed by atoms with van der Waals surface area (Å²) in [6.45, 7) is 1.94. The molecule has 0 saturated heterocycles. The second-order valence-corrected chi connectivity index (χ2v) is 5.54. The van der Waals surface area contributed by atoms with Crippen molar-refractivity contribution in [2.45, 2.75) is 6.92 Å². The Morgan fingerprint density at radius 2 is 1.96 bits per heavy atom. The number of methoxy groups -OCH3 is 1.